The second-order valence-electron chi connectivity index (χ2n) is 3.34. The lowest BCUT2D eigenvalue weighted by atomic mass is 10.2. The average molecular weight is 204 g/mol. The minimum Gasteiger partial charge on any atom is -0.452 e. The van der Waals surface area contributed by atoms with Gasteiger partial charge in [0.25, 0.3) is 0 Å². The molecular weight excluding hydrogens is 192 g/mol. The molecule has 0 aliphatic carbocycles. The van der Waals surface area contributed by atoms with Crippen molar-refractivity contribution in [3.8, 4) is 0 Å². The molecule has 0 aromatic heterocycles. The number of benzene rings is 1. The number of ether oxygens (including phenoxy) is 2. The number of esters is 1. The quantitative estimate of drug-likeness (QED) is 0.700. The Morgan fingerprint density at radius 3 is 2.73 bits per heavy atom. The molecule has 15 heavy (non-hydrogen) atoms. The zero-order valence-corrected chi connectivity index (χ0v) is 8.26. The maximum absolute atomic E-state index is 10.7. The third-order valence-electron chi connectivity index (χ3n) is 2.11. The fraction of sp³-hybridized carbons (Fsp3) is 0.250. The van der Waals surface area contributed by atoms with Crippen LogP contribution in [0.15, 0.2) is 42.5 Å². The van der Waals surface area contributed by atoms with E-state index in [0.29, 0.717) is 13.2 Å². The smallest absolute Gasteiger partial charge is 0.331 e. The largest absolute Gasteiger partial charge is 0.452 e. The number of carbonyl (C=O) groups excluding carboxylic acids is 1. The van der Waals surface area contributed by atoms with Crippen molar-refractivity contribution in [1.82, 2.24) is 0 Å². The van der Waals surface area contributed by atoms with Gasteiger partial charge >= 0.3 is 5.97 Å². The highest BCUT2D eigenvalue weighted by atomic mass is 16.6. The zero-order chi connectivity index (χ0) is 10.5. The summed E-state index contributed by atoms with van der Waals surface area (Å²) in [5.41, 5.74) is 1.12. The van der Waals surface area contributed by atoms with Gasteiger partial charge in [0.05, 0.1) is 13.2 Å². The van der Waals surface area contributed by atoms with Gasteiger partial charge in [-0.2, -0.15) is 0 Å². The third kappa shape index (κ3) is 2.92. The van der Waals surface area contributed by atoms with Crippen LogP contribution in [0.1, 0.15) is 5.56 Å². The van der Waals surface area contributed by atoms with E-state index in [9.17, 15) is 4.79 Å². The SMILES string of the molecule is O=C1C=C[C@H](COCc2ccccc2)O1. The maximum Gasteiger partial charge on any atom is 0.331 e. The van der Waals surface area contributed by atoms with Crippen molar-refractivity contribution >= 4 is 5.97 Å². The number of cyclic esters (lactones) is 1. The Labute approximate surface area is 88.3 Å². The molecule has 1 aromatic rings. The third-order valence-corrected chi connectivity index (χ3v) is 2.11. The first kappa shape index (κ1) is 9.93. The van der Waals surface area contributed by atoms with E-state index in [-0.39, 0.29) is 12.1 Å². The monoisotopic (exact) mass is 204 g/mol. The van der Waals surface area contributed by atoms with Crippen LogP contribution < -0.4 is 0 Å². The second kappa shape index (κ2) is 4.75. The number of hydrogen-bond acceptors (Lipinski definition) is 3. The van der Waals surface area contributed by atoms with Crippen LogP contribution >= 0.6 is 0 Å². The van der Waals surface area contributed by atoms with Crippen LogP contribution in [0.5, 0.6) is 0 Å². The van der Waals surface area contributed by atoms with E-state index >= 15 is 0 Å². The Kier molecular flexibility index (Phi) is 3.15. The van der Waals surface area contributed by atoms with Gasteiger partial charge in [-0.1, -0.05) is 30.3 Å². The fourth-order valence-corrected chi connectivity index (χ4v) is 1.37. The van der Waals surface area contributed by atoms with Gasteiger partial charge in [-0.3, -0.25) is 0 Å². The Morgan fingerprint density at radius 2 is 2.07 bits per heavy atom. The maximum atomic E-state index is 10.7. The summed E-state index contributed by atoms with van der Waals surface area (Å²) in [7, 11) is 0. The van der Waals surface area contributed by atoms with E-state index in [0.717, 1.165) is 5.56 Å². The number of rotatable bonds is 4. The molecule has 1 heterocycles. The zero-order valence-electron chi connectivity index (χ0n) is 8.26. The Bertz CT molecular complexity index is 356. The van der Waals surface area contributed by atoms with Crippen molar-refractivity contribution in [2.24, 2.45) is 0 Å². The van der Waals surface area contributed by atoms with Crippen LogP contribution in [0.3, 0.4) is 0 Å². The molecule has 0 saturated heterocycles. The summed E-state index contributed by atoms with van der Waals surface area (Å²) in [6.07, 6.45) is 2.92. The molecule has 78 valence electrons. The molecule has 2 rings (SSSR count). The predicted molar refractivity (Wildman–Crippen MR) is 55.1 cm³/mol. The average Bonchev–Trinajstić information content (AvgIpc) is 2.66. The van der Waals surface area contributed by atoms with Crippen molar-refractivity contribution in [3.63, 3.8) is 0 Å². The first-order chi connectivity index (χ1) is 7.34. The van der Waals surface area contributed by atoms with E-state index in [4.69, 9.17) is 9.47 Å². The lowest BCUT2D eigenvalue weighted by molar-refractivity contribution is -0.140. The van der Waals surface area contributed by atoms with Crippen LogP contribution in [0.4, 0.5) is 0 Å². The Balaban J connectivity index is 1.72. The Morgan fingerprint density at radius 1 is 1.27 bits per heavy atom. The van der Waals surface area contributed by atoms with Crippen LogP contribution in [0, 0.1) is 0 Å². The van der Waals surface area contributed by atoms with Gasteiger partial charge in [-0.15, -0.1) is 0 Å². The standard InChI is InChI=1S/C12H12O3/c13-12-7-6-11(15-12)9-14-8-10-4-2-1-3-5-10/h1-7,11H,8-9H2/t11-/m1/s1. The van der Waals surface area contributed by atoms with Gasteiger partial charge in [0.15, 0.2) is 0 Å². The summed E-state index contributed by atoms with van der Waals surface area (Å²) < 4.78 is 10.3. The lowest BCUT2D eigenvalue weighted by Gasteiger charge is -2.09. The fourth-order valence-electron chi connectivity index (χ4n) is 1.37. The van der Waals surface area contributed by atoms with Crippen molar-refractivity contribution < 1.29 is 14.3 Å². The number of hydrogen-bond donors (Lipinski definition) is 0. The molecule has 0 unspecified atom stereocenters. The van der Waals surface area contributed by atoms with E-state index in [1.54, 1.807) is 6.08 Å². The molecule has 1 aliphatic heterocycles. The van der Waals surface area contributed by atoms with E-state index in [1.807, 2.05) is 30.3 Å². The predicted octanol–water partition coefficient (Wildman–Crippen LogP) is 1.68. The molecule has 1 aliphatic rings. The first-order valence-electron chi connectivity index (χ1n) is 4.85. The molecule has 0 N–H and O–H groups in total. The summed E-state index contributed by atoms with van der Waals surface area (Å²) in [6, 6.07) is 9.89. The van der Waals surface area contributed by atoms with Crippen molar-refractivity contribution in [3.05, 3.63) is 48.0 Å². The lowest BCUT2D eigenvalue weighted by Crippen LogP contribution is -2.15. The van der Waals surface area contributed by atoms with Gasteiger partial charge < -0.3 is 9.47 Å². The molecule has 3 nitrogen and oxygen atoms in total. The molecule has 3 heteroatoms. The van der Waals surface area contributed by atoms with Crippen molar-refractivity contribution in [2.45, 2.75) is 12.7 Å². The van der Waals surface area contributed by atoms with Crippen molar-refractivity contribution in [2.75, 3.05) is 6.61 Å². The van der Waals surface area contributed by atoms with Crippen molar-refractivity contribution in [1.29, 1.82) is 0 Å². The van der Waals surface area contributed by atoms with Gasteiger partial charge in [0, 0.05) is 6.08 Å². The highest BCUT2D eigenvalue weighted by molar-refractivity contribution is 5.84. The van der Waals surface area contributed by atoms with Crippen LogP contribution in [0.25, 0.3) is 0 Å². The Hall–Kier alpha value is -1.61. The summed E-state index contributed by atoms with van der Waals surface area (Å²) >= 11 is 0. The van der Waals surface area contributed by atoms with Gasteiger partial charge in [0.1, 0.15) is 6.10 Å². The minimum atomic E-state index is -0.289. The van der Waals surface area contributed by atoms with Crippen LogP contribution in [-0.4, -0.2) is 18.7 Å². The molecule has 0 radical (unpaired) electrons. The topological polar surface area (TPSA) is 35.5 Å². The first-order valence-corrected chi connectivity index (χ1v) is 4.85. The minimum absolute atomic E-state index is 0.221. The van der Waals surface area contributed by atoms with Crippen LogP contribution in [-0.2, 0) is 20.9 Å². The highest BCUT2D eigenvalue weighted by Gasteiger charge is 2.15. The normalized spacial score (nSPS) is 19.2. The molecule has 0 fully saturated rings. The van der Waals surface area contributed by atoms with Gasteiger partial charge in [0.2, 0.25) is 0 Å². The molecule has 0 spiro atoms. The summed E-state index contributed by atoms with van der Waals surface area (Å²) in [5.74, 6) is -0.289. The van der Waals surface area contributed by atoms with Crippen LogP contribution in [0.2, 0.25) is 0 Å². The van der Waals surface area contributed by atoms with Gasteiger partial charge in [-0.25, -0.2) is 4.79 Å². The summed E-state index contributed by atoms with van der Waals surface area (Å²) in [4.78, 5) is 10.7. The highest BCUT2D eigenvalue weighted by Crippen LogP contribution is 2.07. The second-order valence-corrected chi connectivity index (χ2v) is 3.34. The number of carbonyl (C=O) groups is 1. The summed E-state index contributed by atoms with van der Waals surface area (Å²) in [6.45, 7) is 0.958. The molecular formula is C12H12O3. The molecule has 1 aromatic carbocycles. The summed E-state index contributed by atoms with van der Waals surface area (Å²) in [5, 5.41) is 0. The molecule has 0 amide bonds. The molecule has 0 bridgehead atoms. The van der Waals surface area contributed by atoms with Gasteiger partial charge in [-0.05, 0) is 11.6 Å². The van der Waals surface area contributed by atoms with E-state index in [2.05, 4.69) is 0 Å². The van der Waals surface area contributed by atoms with E-state index in [1.165, 1.54) is 6.08 Å². The molecule has 0 saturated carbocycles. The molecule has 1 atom stereocenters. The van der Waals surface area contributed by atoms with E-state index < -0.39 is 0 Å².